The number of nitrogens with zero attached hydrogens (tertiary/aromatic N) is 2. The van der Waals surface area contributed by atoms with Gasteiger partial charge in [-0.3, -0.25) is 14.9 Å². The molecule has 1 aliphatic heterocycles. The van der Waals surface area contributed by atoms with Crippen molar-refractivity contribution in [3.63, 3.8) is 0 Å². The molecule has 6 nitrogen and oxygen atoms in total. The van der Waals surface area contributed by atoms with Crippen LogP contribution in [0, 0.1) is 10.1 Å². The molecule has 0 atom stereocenters. The number of benzene rings is 3. The number of fused-ring (bicyclic) bond motifs is 2. The molecule has 2 heterocycles. The summed E-state index contributed by atoms with van der Waals surface area (Å²) in [5.74, 6) is -0.120. The average Bonchev–Trinajstić information content (AvgIpc) is 3.29. The zero-order valence-electron chi connectivity index (χ0n) is 16.8. The van der Waals surface area contributed by atoms with E-state index in [1.54, 1.807) is 40.7 Å². The third kappa shape index (κ3) is 3.81. The minimum Gasteiger partial charge on any atom is -0.354 e. The fourth-order valence-electron chi connectivity index (χ4n) is 3.57. The topological polar surface area (TPSA) is 77.2 Å². The van der Waals surface area contributed by atoms with E-state index in [9.17, 15) is 14.9 Å². The minimum atomic E-state index is -0.424. The van der Waals surface area contributed by atoms with Gasteiger partial charge >= 0.3 is 0 Å². The molecule has 1 aliphatic rings. The van der Waals surface area contributed by atoms with E-state index in [4.69, 9.17) is 0 Å². The molecule has 1 aromatic heterocycles. The van der Waals surface area contributed by atoms with E-state index >= 15 is 0 Å². The van der Waals surface area contributed by atoms with E-state index < -0.39 is 4.92 Å². The second-order valence-electron chi connectivity index (χ2n) is 7.21. The van der Waals surface area contributed by atoms with Crippen LogP contribution >= 0.6 is 11.8 Å². The smallest absolute Gasteiger partial charge is 0.271 e. The number of anilines is 2. The number of para-hydroxylation sites is 1. The van der Waals surface area contributed by atoms with Crippen molar-refractivity contribution in [2.75, 3.05) is 5.32 Å². The normalized spacial score (nSPS) is 12.1. The van der Waals surface area contributed by atoms with Crippen molar-refractivity contribution in [3.8, 4) is 5.69 Å². The summed E-state index contributed by atoms with van der Waals surface area (Å²) in [5, 5.41) is 14.5. The highest BCUT2D eigenvalue weighted by atomic mass is 32.2. The van der Waals surface area contributed by atoms with Gasteiger partial charge in [-0.15, -0.1) is 0 Å². The number of allylic oxidation sites excluding steroid dienone is 1. The van der Waals surface area contributed by atoms with Gasteiger partial charge in [0.05, 0.1) is 22.0 Å². The lowest BCUT2D eigenvalue weighted by Crippen LogP contribution is -2.02. The second-order valence-corrected chi connectivity index (χ2v) is 8.30. The SMILES string of the molecule is O=C(/C=C/c1cccn1-c1cccc([N+](=O)[O-])c1)c1ccc2c(c1)Nc1ccccc1S2. The summed E-state index contributed by atoms with van der Waals surface area (Å²) in [6.07, 6.45) is 5.05. The Balaban J connectivity index is 1.38. The van der Waals surface area contributed by atoms with Gasteiger partial charge in [0.25, 0.3) is 5.69 Å². The van der Waals surface area contributed by atoms with Crippen LogP contribution in [0.5, 0.6) is 0 Å². The predicted octanol–water partition coefficient (Wildman–Crippen LogP) is 6.49. The predicted molar refractivity (Wildman–Crippen MR) is 126 cm³/mol. The molecule has 0 fully saturated rings. The highest BCUT2D eigenvalue weighted by Gasteiger charge is 2.16. The van der Waals surface area contributed by atoms with Crippen molar-refractivity contribution in [2.45, 2.75) is 9.79 Å². The van der Waals surface area contributed by atoms with Crippen LogP contribution in [-0.4, -0.2) is 15.3 Å². The molecule has 4 aromatic rings. The molecule has 0 spiro atoms. The molecule has 0 radical (unpaired) electrons. The molecule has 0 saturated carbocycles. The summed E-state index contributed by atoms with van der Waals surface area (Å²) in [5.41, 5.74) is 3.95. The molecule has 0 aliphatic carbocycles. The van der Waals surface area contributed by atoms with Gasteiger partial charge in [-0.05, 0) is 60.7 Å². The molecule has 3 aromatic carbocycles. The van der Waals surface area contributed by atoms with Crippen LogP contribution in [0.3, 0.4) is 0 Å². The summed E-state index contributed by atoms with van der Waals surface area (Å²) in [7, 11) is 0. The Morgan fingerprint density at radius 2 is 1.78 bits per heavy atom. The van der Waals surface area contributed by atoms with Gasteiger partial charge in [-0.1, -0.05) is 30.0 Å². The molecule has 32 heavy (non-hydrogen) atoms. The first-order chi connectivity index (χ1) is 15.6. The van der Waals surface area contributed by atoms with Crippen molar-refractivity contribution >= 4 is 40.7 Å². The summed E-state index contributed by atoms with van der Waals surface area (Å²) in [6, 6.07) is 23.8. The van der Waals surface area contributed by atoms with Crippen molar-refractivity contribution < 1.29 is 9.72 Å². The first kappa shape index (κ1) is 19.8. The Labute approximate surface area is 188 Å². The van der Waals surface area contributed by atoms with Crippen molar-refractivity contribution in [3.05, 3.63) is 113 Å². The third-order valence-corrected chi connectivity index (χ3v) is 6.30. The number of rotatable bonds is 5. The number of nitro benzene ring substituents is 1. The maximum atomic E-state index is 12.8. The molecular weight excluding hydrogens is 422 g/mol. The van der Waals surface area contributed by atoms with Crippen LogP contribution in [0.2, 0.25) is 0 Å². The average molecular weight is 439 g/mol. The van der Waals surface area contributed by atoms with Crippen molar-refractivity contribution in [1.82, 2.24) is 4.57 Å². The molecule has 156 valence electrons. The molecule has 0 unspecified atom stereocenters. The number of aromatic nitrogens is 1. The maximum Gasteiger partial charge on any atom is 0.271 e. The van der Waals surface area contributed by atoms with Crippen LogP contribution in [0.1, 0.15) is 16.1 Å². The highest BCUT2D eigenvalue weighted by molar-refractivity contribution is 7.99. The third-order valence-electron chi connectivity index (χ3n) is 5.14. The van der Waals surface area contributed by atoms with E-state index in [0.29, 0.717) is 11.3 Å². The van der Waals surface area contributed by atoms with Gasteiger partial charge in [-0.25, -0.2) is 0 Å². The summed E-state index contributed by atoms with van der Waals surface area (Å²) >= 11 is 1.67. The number of carbonyl (C=O) groups is 1. The number of nitro groups is 1. The number of ketones is 1. The molecule has 7 heteroatoms. The molecule has 0 bridgehead atoms. The van der Waals surface area contributed by atoms with Crippen LogP contribution < -0.4 is 5.32 Å². The van der Waals surface area contributed by atoms with Gasteiger partial charge < -0.3 is 9.88 Å². The van der Waals surface area contributed by atoms with Gasteiger partial charge in [0.2, 0.25) is 0 Å². The van der Waals surface area contributed by atoms with Gasteiger partial charge in [0.15, 0.2) is 5.78 Å². The van der Waals surface area contributed by atoms with Crippen molar-refractivity contribution in [1.29, 1.82) is 0 Å². The quantitative estimate of drug-likeness (QED) is 0.147. The Morgan fingerprint density at radius 3 is 2.66 bits per heavy atom. The van der Waals surface area contributed by atoms with Gasteiger partial charge in [0.1, 0.15) is 0 Å². The molecule has 1 N–H and O–H groups in total. The van der Waals surface area contributed by atoms with Crippen LogP contribution in [0.15, 0.2) is 101 Å². The lowest BCUT2D eigenvalue weighted by Gasteiger charge is -2.20. The van der Waals surface area contributed by atoms with Gasteiger partial charge in [0, 0.05) is 39.4 Å². The van der Waals surface area contributed by atoms with E-state index in [1.165, 1.54) is 18.2 Å². The zero-order chi connectivity index (χ0) is 22.1. The van der Waals surface area contributed by atoms with E-state index in [1.807, 2.05) is 48.5 Å². The first-order valence-electron chi connectivity index (χ1n) is 9.91. The number of hydrogen-bond acceptors (Lipinski definition) is 5. The lowest BCUT2D eigenvalue weighted by atomic mass is 10.1. The molecule has 5 rings (SSSR count). The van der Waals surface area contributed by atoms with Crippen molar-refractivity contribution in [2.24, 2.45) is 0 Å². The summed E-state index contributed by atoms with van der Waals surface area (Å²) < 4.78 is 1.80. The number of hydrogen-bond donors (Lipinski definition) is 1. The Bertz CT molecular complexity index is 1390. The highest BCUT2D eigenvalue weighted by Crippen LogP contribution is 2.44. The van der Waals surface area contributed by atoms with E-state index in [0.717, 1.165) is 26.9 Å². The standard InChI is InChI=1S/C25H17N3O3S/c29-23(17-10-13-25-22(15-17)26-21-8-1-2-9-24(21)32-25)12-11-18-7-4-14-27(18)19-5-3-6-20(16-19)28(30)31/h1-16,26H/b12-11+. The largest absolute Gasteiger partial charge is 0.354 e. The first-order valence-corrected chi connectivity index (χ1v) is 10.7. The molecular formula is C25H17N3O3S. The molecule has 0 amide bonds. The second kappa shape index (κ2) is 8.20. The van der Waals surface area contributed by atoms with E-state index in [-0.39, 0.29) is 11.5 Å². The Morgan fingerprint density at radius 1 is 0.938 bits per heavy atom. The summed E-state index contributed by atoms with van der Waals surface area (Å²) in [6.45, 7) is 0. The zero-order valence-corrected chi connectivity index (χ0v) is 17.6. The summed E-state index contributed by atoms with van der Waals surface area (Å²) in [4.78, 5) is 25.7. The number of carbonyl (C=O) groups excluding carboxylic acids is 1. The fourth-order valence-corrected chi connectivity index (χ4v) is 4.54. The Hall–Kier alpha value is -4.10. The monoisotopic (exact) mass is 439 g/mol. The van der Waals surface area contributed by atoms with Crippen LogP contribution in [0.4, 0.5) is 17.1 Å². The van der Waals surface area contributed by atoms with Gasteiger partial charge in [-0.2, -0.15) is 0 Å². The van der Waals surface area contributed by atoms with Crippen LogP contribution in [0.25, 0.3) is 11.8 Å². The lowest BCUT2D eigenvalue weighted by molar-refractivity contribution is -0.384. The Kier molecular flexibility index (Phi) is 5.09. The number of nitrogens with one attached hydrogen (secondary N) is 1. The number of non-ortho nitro benzene ring substituents is 1. The molecule has 0 saturated heterocycles. The fraction of sp³-hybridized carbons (Fsp3) is 0. The van der Waals surface area contributed by atoms with E-state index in [2.05, 4.69) is 11.4 Å². The maximum absolute atomic E-state index is 12.8. The van der Waals surface area contributed by atoms with Crippen LogP contribution in [-0.2, 0) is 0 Å². The minimum absolute atomic E-state index is 0.0169.